The number of halogens is 3. The maximum absolute atomic E-state index is 13.0. The van der Waals surface area contributed by atoms with Gasteiger partial charge in [-0.05, 0) is 64.5 Å². The molecule has 9 heteroatoms. The molecule has 0 saturated heterocycles. The molecular weight excluding hydrogens is 541 g/mol. The number of carbonyl (C=O) groups is 2. The van der Waals surface area contributed by atoms with E-state index in [1.165, 1.54) is 22.9 Å². The molecule has 170 valence electrons. The van der Waals surface area contributed by atoms with Gasteiger partial charge in [0, 0.05) is 28.0 Å². The Morgan fingerprint density at radius 2 is 1.41 bits per heavy atom. The lowest BCUT2D eigenvalue weighted by Crippen LogP contribution is -2.21. The first kappa shape index (κ1) is 23.8. The summed E-state index contributed by atoms with van der Waals surface area (Å²) in [5, 5.41) is 6.11. The van der Waals surface area contributed by atoms with E-state index in [0.717, 1.165) is 0 Å². The highest BCUT2D eigenvalue weighted by Gasteiger charge is 2.15. The monoisotopic (exact) mass is 555 g/mol. The van der Waals surface area contributed by atoms with E-state index in [1.54, 1.807) is 48.5 Å². The summed E-state index contributed by atoms with van der Waals surface area (Å²) in [4.78, 5) is 38.1. The van der Waals surface area contributed by atoms with Crippen LogP contribution < -0.4 is 16.2 Å². The van der Waals surface area contributed by atoms with Crippen LogP contribution in [0, 0.1) is 0 Å². The lowest BCUT2D eigenvalue weighted by atomic mass is 10.1. The van der Waals surface area contributed by atoms with Gasteiger partial charge in [0.2, 0.25) is 0 Å². The van der Waals surface area contributed by atoms with Gasteiger partial charge in [-0.3, -0.25) is 19.0 Å². The van der Waals surface area contributed by atoms with Gasteiger partial charge >= 0.3 is 0 Å². The molecule has 0 atom stereocenters. The lowest BCUT2D eigenvalue weighted by molar-refractivity contribution is 0.101. The Balaban J connectivity index is 1.60. The second kappa shape index (κ2) is 10.3. The molecule has 2 N–H and O–H groups in total. The number of aromatic nitrogens is 1. The molecule has 0 saturated carbocycles. The molecule has 0 aliphatic rings. The van der Waals surface area contributed by atoms with Gasteiger partial charge in [0.25, 0.3) is 17.4 Å². The number of hydrogen-bond acceptors (Lipinski definition) is 3. The van der Waals surface area contributed by atoms with Crippen LogP contribution >= 0.6 is 39.1 Å². The predicted octanol–water partition coefficient (Wildman–Crippen LogP) is 6.41. The number of benzene rings is 3. The largest absolute Gasteiger partial charge is 0.322 e. The molecule has 0 fully saturated rings. The Morgan fingerprint density at radius 1 is 0.765 bits per heavy atom. The first-order valence-corrected chi connectivity index (χ1v) is 11.5. The molecule has 3 aromatic carbocycles. The van der Waals surface area contributed by atoms with Crippen LogP contribution in [0.5, 0.6) is 0 Å². The number of anilines is 2. The standard InChI is InChI=1S/C25H16BrCl2N3O3/c26-18-11-9-15(24(33)29-17-5-2-1-3-6-17)13-21(18)30-25(34)16-10-12-22(32)31(14-16)23-19(27)7-4-8-20(23)28/h1-14H,(H,29,33)(H,30,34). The highest BCUT2D eigenvalue weighted by molar-refractivity contribution is 9.10. The molecule has 1 aromatic heterocycles. The highest BCUT2D eigenvalue weighted by atomic mass is 79.9. The van der Waals surface area contributed by atoms with Gasteiger partial charge in [-0.25, -0.2) is 0 Å². The second-order valence-corrected chi connectivity index (χ2v) is 8.83. The number of carbonyl (C=O) groups excluding carboxylic acids is 2. The maximum Gasteiger partial charge on any atom is 0.257 e. The van der Waals surface area contributed by atoms with Gasteiger partial charge < -0.3 is 10.6 Å². The van der Waals surface area contributed by atoms with Crippen LogP contribution in [-0.2, 0) is 0 Å². The minimum atomic E-state index is -0.488. The Bertz CT molecular complexity index is 1440. The summed E-state index contributed by atoms with van der Waals surface area (Å²) in [6.07, 6.45) is 1.37. The third kappa shape index (κ3) is 5.22. The molecule has 0 radical (unpaired) electrons. The zero-order valence-corrected chi connectivity index (χ0v) is 20.5. The molecule has 0 bridgehead atoms. The molecule has 34 heavy (non-hydrogen) atoms. The molecule has 0 aliphatic heterocycles. The molecule has 0 aliphatic carbocycles. The fourth-order valence-electron chi connectivity index (χ4n) is 3.20. The molecule has 4 aromatic rings. The van der Waals surface area contributed by atoms with E-state index in [-0.39, 0.29) is 27.2 Å². The van der Waals surface area contributed by atoms with Gasteiger partial charge in [0.1, 0.15) is 0 Å². The minimum Gasteiger partial charge on any atom is -0.322 e. The van der Waals surface area contributed by atoms with E-state index < -0.39 is 11.5 Å². The Labute approximate surface area is 213 Å². The summed E-state index contributed by atoms with van der Waals surface area (Å²) in [5.41, 5.74) is 1.48. The number of amides is 2. The normalized spacial score (nSPS) is 10.6. The van der Waals surface area contributed by atoms with Crippen LogP contribution in [0.1, 0.15) is 20.7 Å². The quantitative estimate of drug-likeness (QED) is 0.298. The number of nitrogens with one attached hydrogen (secondary N) is 2. The van der Waals surface area contributed by atoms with Crippen LogP contribution in [0.4, 0.5) is 11.4 Å². The van der Waals surface area contributed by atoms with E-state index in [0.29, 0.717) is 21.4 Å². The van der Waals surface area contributed by atoms with Crippen LogP contribution in [0.3, 0.4) is 0 Å². The van der Waals surface area contributed by atoms with E-state index in [4.69, 9.17) is 23.2 Å². The third-order valence-electron chi connectivity index (χ3n) is 4.86. The van der Waals surface area contributed by atoms with Crippen LogP contribution in [-0.4, -0.2) is 16.4 Å². The molecule has 2 amide bonds. The molecule has 6 nitrogen and oxygen atoms in total. The predicted molar refractivity (Wildman–Crippen MR) is 139 cm³/mol. The third-order valence-corrected chi connectivity index (χ3v) is 6.16. The van der Waals surface area contributed by atoms with Crippen LogP contribution in [0.15, 0.2) is 94.3 Å². The van der Waals surface area contributed by atoms with Crippen molar-refractivity contribution in [1.82, 2.24) is 4.57 Å². The Kier molecular flexibility index (Phi) is 7.17. The minimum absolute atomic E-state index is 0.196. The van der Waals surface area contributed by atoms with Crippen molar-refractivity contribution in [3.63, 3.8) is 0 Å². The fourth-order valence-corrected chi connectivity index (χ4v) is 4.12. The average molecular weight is 557 g/mol. The topological polar surface area (TPSA) is 80.2 Å². The van der Waals surface area contributed by atoms with Crippen molar-refractivity contribution in [3.05, 3.63) is 121 Å². The smallest absolute Gasteiger partial charge is 0.257 e. The highest BCUT2D eigenvalue weighted by Crippen LogP contribution is 2.28. The Hall–Kier alpha value is -3.39. The van der Waals surface area contributed by atoms with E-state index in [1.807, 2.05) is 18.2 Å². The van der Waals surface area contributed by atoms with Gasteiger partial charge in [-0.15, -0.1) is 0 Å². The zero-order chi connectivity index (χ0) is 24.2. The number of nitrogens with zero attached hydrogens (tertiary/aromatic N) is 1. The first-order chi connectivity index (χ1) is 16.3. The van der Waals surface area contributed by atoms with Gasteiger partial charge in [-0.1, -0.05) is 47.5 Å². The van der Waals surface area contributed by atoms with Crippen molar-refractivity contribution < 1.29 is 9.59 Å². The van der Waals surface area contributed by atoms with E-state index >= 15 is 0 Å². The van der Waals surface area contributed by atoms with Crippen molar-refractivity contribution in [3.8, 4) is 5.69 Å². The SMILES string of the molecule is O=C(Nc1ccccc1)c1ccc(Br)c(NC(=O)c2ccc(=O)n(-c3c(Cl)cccc3Cl)c2)c1. The summed E-state index contributed by atoms with van der Waals surface area (Å²) in [7, 11) is 0. The van der Waals surface area contributed by atoms with E-state index in [9.17, 15) is 14.4 Å². The van der Waals surface area contributed by atoms with Gasteiger partial charge in [0.15, 0.2) is 0 Å². The molecule has 1 heterocycles. The van der Waals surface area contributed by atoms with Crippen LogP contribution in [0.2, 0.25) is 10.0 Å². The lowest BCUT2D eigenvalue weighted by Gasteiger charge is -2.13. The summed E-state index contributed by atoms with van der Waals surface area (Å²) < 4.78 is 1.80. The molecular formula is C25H16BrCl2N3O3. The average Bonchev–Trinajstić information content (AvgIpc) is 2.82. The summed E-state index contributed by atoms with van der Waals surface area (Å²) in [6, 6.07) is 21.4. The summed E-state index contributed by atoms with van der Waals surface area (Å²) >= 11 is 15.9. The fraction of sp³-hybridized carbons (Fsp3) is 0. The molecule has 0 unspecified atom stereocenters. The van der Waals surface area contributed by atoms with Crippen molar-refractivity contribution >= 4 is 62.3 Å². The second-order valence-electron chi connectivity index (χ2n) is 7.17. The number of para-hydroxylation sites is 2. The summed E-state index contributed by atoms with van der Waals surface area (Å²) in [6.45, 7) is 0. The number of pyridine rings is 1. The van der Waals surface area contributed by atoms with Gasteiger partial charge in [0.05, 0.1) is 27.0 Å². The Morgan fingerprint density at radius 3 is 2.12 bits per heavy atom. The van der Waals surface area contributed by atoms with Crippen molar-refractivity contribution in [2.24, 2.45) is 0 Å². The molecule has 0 spiro atoms. The summed E-state index contributed by atoms with van der Waals surface area (Å²) in [5.74, 6) is -0.811. The molecule has 4 rings (SSSR count). The number of rotatable bonds is 5. The van der Waals surface area contributed by atoms with E-state index in [2.05, 4.69) is 26.6 Å². The van der Waals surface area contributed by atoms with Crippen molar-refractivity contribution in [2.75, 3.05) is 10.6 Å². The van der Waals surface area contributed by atoms with Crippen molar-refractivity contribution in [2.45, 2.75) is 0 Å². The van der Waals surface area contributed by atoms with Gasteiger partial charge in [-0.2, -0.15) is 0 Å². The number of hydrogen-bond donors (Lipinski definition) is 2. The van der Waals surface area contributed by atoms with Crippen molar-refractivity contribution in [1.29, 1.82) is 0 Å². The first-order valence-electron chi connectivity index (χ1n) is 9.98. The van der Waals surface area contributed by atoms with Crippen LogP contribution in [0.25, 0.3) is 5.69 Å². The maximum atomic E-state index is 13.0. The zero-order valence-electron chi connectivity index (χ0n) is 17.4.